The van der Waals surface area contributed by atoms with Crippen molar-refractivity contribution in [3.05, 3.63) is 32.5 Å². The van der Waals surface area contributed by atoms with E-state index in [1.807, 2.05) is 0 Å². The smallest absolute Gasteiger partial charge is 0.318 e. The lowest BCUT2D eigenvalue weighted by molar-refractivity contribution is -0.394. The van der Waals surface area contributed by atoms with Gasteiger partial charge < -0.3 is 4.90 Å². The zero-order valence-corrected chi connectivity index (χ0v) is 8.90. The van der Waals surface area contributed by atoms with E-state index in [1.54, 1.807) is 4.90 Å². The van der Waals surface area contributed by atoms with E-state index in [-0.39, 0.29) is 17.2 Å². The third-order valence-electron chi connectivity index (χ3n) is 2.65. The average Bonchev–Trinajstić information content (AvgIpc) is 2.81. The van der Waals surface area contributed by atoms with Crippen LogP contribution in [0, 0.1) is 20.2 Å². The van der Waals surface area contributed by atoms with Gasteiger partial charge >= 0.3 is 5.69 Å². The Labute approximate surface area is 96.2 Å². The van der Waals surface area contributed by atoms with Crippen LogP contribution < -0.4 is 4.90 Å². The van der Waals surface area contributed by atoms with Gasteiger partial charge in [-0.05, 0) is 12.8 Å². The Morgan fingerprint density at radius 3 is 2.35 bits per heavy atom. The lowest BCUT2D eigenvalue weighted by atomic mass is 10.3. The first-order valence-corrected chi connectivity index (χ1v) is 5.13. The maximum absolute atomic E-state index is 10.9. The fourth-order valence-corrected chi connectivity index (χ4v) is 1.84. The number of pyridine rings is 1. The topological polar surface area (TPSA) is 102 Å². The number of hydrogen-bond acceptors (Lipinski definition) is 6. The van der Waals surface area contributed by atoms with Gasteiger partial charge in [0, 0.05) is 13.1 Å². The molecule has 0 aliphatic carbocycles. The molecule has 1 fully saturated rings. The summed E-state index contributed by atoms with van der Waals surface area (Å²) in [7, 11) is 0. The van der Waals surface area contributed by atoms with Crippen molar-refractivity contribution in [3.8, 4) is 0 Å². The highest BCUT2D eigenvalue weighted by atomic mass is 16.6. The maximum atomic E-state index is 10.9. The minimum absolute atomic E-state index is 0.220. The van der Waals surface area contributed by atoms with E-state index in [1.165, 1.54) is 0 Å². The van der Waals surface area contributed by atoms with E-state index >= 15 is 0 Å². The number of anilines is 1. The van der Waals surface area contributed by atoms with Gasteiger partial charge in [0.25, 0.3) is 5.69 Å². The summed E-state index contributed by atoms with van der Waals surface area (Å²) in [6, 6.07) is 0.959. The summed E-state index contributed by atoms with van der Waals surface area (Å²) >= 11 is 0. The number of hydrogen-bond donors (Lipinski definition) is 0. The zero-order valence-electron chi connectivity index (χ0n) is 8.90. The molecular weight excluding hydrogens is 228 g/mol. The molecule has 90 valence electrons. The molecule has 1 aromatic rings. The molecule has 8 heteroatoms. The van der Waals surface area contributed by atoms with Gasteiger partial charge in [-0.25, -0.2) is 4.98 Å². The molecule has 2 heterocycles. The molecule has 1 saturated heterocycles. The fourth-order valence-electron chi connectivity index (χ4n) is 1.84. The van der Waals surface area contributed by atoms with Crippen LogP contribution in [-0.4, -0.2) is 27.9 Å². The van der Waals surface area contributed by atoms with Crippen molar-refractivity contribution < 1.29 is 9.85 Å². The summed E-state index contributed by atoms with van der Waals surface area (Å²) in [5.41, 5.74) is -0.666. The predicted octanol–water partition coefficient (Wildman–Crippen LogP) is 1.50. The minimum atomic E-state index is -0.687. The monoisotopic (exact) mass is 238 g/mol. The molecule has 0 radical (unpaired) electrons. The molecule has 0 unspecified atom stereocenters. The molecule has 1 aromatic heterocycles. The highest BCUT2D eigenvalue weighted by Gasteiger charge is 2.26. The molecule has 2 rings (SSSR count). The number of nitro groups is 2. The molecule has 1 aliphatic rings. The maximum Gasteiger partial charge on any atom is 0.318 e. The van der Waals surface area contributed by atoms with Crippen LogP contribution >= 0.6 is 0 Å². The summed E-state index contributed by atoms with van der Waals surface area (Å²) in [6.07, 6.45) is 2.96. The van der Waals surface area contributed by atoms with Gasteiger partial charge in [0.15, 0.2) is 0 Å². The largest absolute Gasteiger partial charge is 0.351 e. The van der Waals surface area contributed by atoms with Crippen molar-refractivity contribution in [2.45, 2.75) is 12.8 Å². The molecule has 0 bridgehead atoms. The van der Waals surface area contributed by atoms with Crippen LogP contribution in [0.2, 0.25) is 0 Å². The van der Waals surface area contributed by atoms with E-state index in [4.69, 9.17) is 0 Å². The number of nitrogens with zero attached hydrogens (tertiary/aromatic N) is 4. The predicted molar refractivity (Wildman–Crippen MR) is 59.0 cm³/mol. The number of aromatic nitrogens is 1. The first-order chi connectivity index (χ1) is 8.09. The Morgan fingerprint density at radius 2 is 1.82 bits per heavy atom. The second kappa shape index (κ2) is 4.32. The molecule has 0 amide bonds. The molecule has 0 saturated carbocycles. The third-order valence-corrected chi connectivity index (χ3v) is 2.65. The van der Waals surface area contributed by atoms with Gasteiger partial charge in [-0.2, -0.15) is 0 Å². The molecule has 8 nitrogen and oxygen atoms in total. The average molecular weight is 238 g/mol. The Morgan fingerprint density at radius 1 is 1.18 bits per heavy atom. The third kappa shape index (κ3) is 2.14. The standard InChI is InChI=1S/C9H10N4O4/c14-12(15)7-5-8(13(16)17)9(10-6-7)11-3-1-2-4-11/h5-6H,1-4H2. The van der Waals surface area contributed by atoms with Crippen LogP contribution in [0.15, 0.2) is 12.3 Å². The van der Waals surface area contributed by atoms with Crippen LogP contribution in [-0.2, 0) is 0 Å². The molecule has 1 aliphatic heterocycles. The summed E-state index contributed by atoms with van der Waals surface area (Å²) in [4.78, 5) is 25.7. The van der Waals surface area contributed by atoms with Crippen molar-refractivity contribution in [2.24, 2.45) is 0 Å². The number of rotatable bonds is 3. The summed E-state index contributed by atoms with van der Waals surface area (Å²) in [6.45, 7) is 1.40. The van der Waals surface area contributed by atoms with Crippen LogP contribution in [0.3, 0.4) is 0 Å². The van der Waals surface area contributed by atoms with Crippen molar-refractivity contribution >= 4 is 17.2 Å². The SMILES string of the molecule is O=[N+]([O-])c1cnc(N2CCCC2)c([N+](=O)[O-])c1. The molecule has 0 N–H and O–H groups in total. The highest BCUT2D eigenvalue weighted by Crippen LogP contribution is 2.31. The Hall–Kier alpha value is -2.25. The van der Waals surface area contributed by atoms with E-state index < -0.39 is 9.85 Å². The van der Waals surface area contributed by atoms with Gasteiger partial charge in [-0.3, -0.25) is 20.2 Å². The van der Waals surface area contributed by atoms with Crippen LogP contribution in [0.5, 0.6) is 0 Å². The van der Waals surface area contributed by atoms with Crippen molar-refractivity contribution in [1.82, 2.24) is 4.98 Å². The summed E-state index contributed by atoms with van der Waals surface area (Å²) < 4.78 is 0. The van der Waals surface area contributed by atoms with Crippen molar-refractivity contribution in [2.75, 3.05) is 18.0 Å². The van der Waals surface area contributed by atoms with E-state index in [0.717, 1.165) is 25.1 Å². The molecule has 0 atom stereocenters. The summed E-state index contributed by atoms with van der Waals surface area (Å²) in [5.74, 6) is 0.220. The van der Waals surface area contributed by atoms with Gasteiger partial charge in [-0.15, -0.1) is 0 Å². The normalized spacial score (nSPS) is 14.9. The van der Waals surface area contributed by atoms with Gasteiger partial charge in [0.2, 0.25) is 5.82 Å². The van der Waals surface area contributed by atoms with E-state index in [2.05, 4.69) is 4.98 Å². The quantitative estimate of drug-likeness (QED) is 0.583. The van der Waals surface area contributed by atoms with Gasteiger partial charge in [-0.1, -0.05) is 0 Å². The van der Waals surface area contributed by atoms with E-state index in [0.29, 0.717) is 13.1 Å². The van der Waals surface area contributed by atoms with E-state index in [9.17, 15) is 20.2 Å². The first-order valence-electron chi connectivity index (χ1n) is 5.13. The van der Waals surface area contributed by atoms with Gasteiger partial charge in [0.1, 0.15) is 6.20 Å². The molecule has 0 aromatic carbocycles. The van der Waals surface area contributed by atoms with Crippen molar-refractivity contribution in [1.29, 1.82) is 0 Å². The van der Waals surface area contributed by atoms with Crippen molar-refractivity contribution in [3.63, 3.8) is 0 Å². The second-order valence-electron chi connectivity index (χ2n) is 3.74. The second-order valence-corrected chi connectivity index (χ2v) is 3.74. The highest BCUT2D eigenvalue weighted by molar-refractivity contribution is 5.61. The Balaban J connectivity index is 2.44. The van der Waals surface area contributed by atoms with Gasteiger partial charge in [0.05, 0.1) is 15.9 Å². The summed E-state index contributed by atoms with van der Waals surface area (Å²) in [5, 5.41) is 21.4. The molecule has 0 spiro atoms. The Bertz CT molecular complexity index is 470. The first kappa shape index (κ1) is 11.2. The molecular formula is C9H10N4O4. The molecule has 17 heavy (non-hydrogen) atoms. The lowest BCUT2D eigenvalue weighted by Crippen LogP contribution is -2.20. The minimum Gasteiger partial charge on any atom is -0.351 e. The zero-order chi connectivity index (χ0) is 12.4. The van der Waals surface area contributed by atoms with Crippen LogP contribution in [0.4, 0.5) is 17.2 Å². The van der Waals surface area contributed by atoms with Crippen LogP contribution in [0.25, 0.3) is 0 Å². The lowest BCUT2D eigenvalue weighted by Gasteiger charge is -2.15. The Kier molecular flexibility index (Phi) is 2.86. The fraction of sp³-hybridized carbons (Fsp3) is 0.444. The van der Waals surface area contributed by atoms with Crippen LogP contribution in [0.1, 0.15) is 12.8 Å².